The largest absolute Gasteiger partial charge is 0.455 e. The van der Waals surface area contributed by atoms with E-state index in [-0.39, 0.29) is 0 Å². The first-order valence-electron chi connectivity index (χ1n) is 15.8. The number of fused-ring (bicyclic) bond motifs is 7. The standard InChI is InChI=1S/C43H29N3O/c1-26-9-13-28(14-10-26)31-20-32(29-15-11-27(2)12-16-29)22-33(21-31)41-37-18-17-36-35-7-3-4-8-39(35)47-43(36)40(37)42-38(46-41)23-34(25-45-42)30-6-5-19-44-24-30/h3-25H,1-2H3. The van der Waals surface area contributed by atoms with E-state index in [1.165, 1.54) is 11.1 Å². The Morgan fingerprint density at radius 3 is 1.89 bits per heavy atom. The van der Waals surface area contributed by atoms with Crippen molar-refractivity contribution in [2.24, 2.45) is 0 Å². The van der Waals surface area contributed by atoms with Crippen molar-refractivity contribution < 1.29 is 4.42 Å². The fraction of sp³-hybridized carbons (Fsp3) is 0.0465. The van der Waals surface area contributed by atoms with E-state index < -0.39 is 0 Å². The average molecular weight is 604 g/mol. The summed E-state index contributed by atoms with van der Waals surface area (Å²) >= 11 is 0. The Kier molecular flexibility index (Phi) is 6.22. The van der Waals surface area contributed by atoms with Crippen molar-refractivity contribution in [2.75, 3.05) is 0 Å². The Morgan fingerprint density at radius 2 is 1.19 bits per heavy atom. The molecular formula is C43H29N3O. The van der Waals surface area contributed by atoms with Crippen molar-refractivity contribution in [1.29, 1.82) is 0 Å². The Balaban J connectivity index is 1.38. The maximum Gasteiger partial charge on any atom is 0.145 e. The molecule has 0 saturated heterocycles. The Morgan fingerprint density at radius 1 is 0.511 bits per heavy atom. The molecule has 9 rings (SSSR count). The van der Waals surface area contributed by atoms with Crippen molar-refractivity contribution in [3.63, 3.8) is 0 Å². The molecule has 0 saturated carbocycles. The van der Waals surface area contributed by atoms with E-state index in [0.29, 0.717) is 0 Å². The van der Waals surface area contributed by atoms with E-state index in [1.807, 2.05) is 36.7 Å². The topological polar surface area (TPSA) is 51.8 Å². The van der Waals surface area contributed by atoms with Gasteiger partial charge in [0.05, 0.1) is 16.6 Å². The lowest BCUT2D eigenvalue weighted by atomic mass is 9.92. The third kappa shape index (κ3) is 4.65. The van der Waals surface area contributed by atoms with Crippen LogP contribution in [0.2, 0.25) is 0 Å². The molecule has 9 aromatic rings. The molecule has 4 heterocycles. The van der Waals surface area contributed by atoms with E-state index in [0.717, 1.165) is 88.4 Å². The minimum Gasteiger partial charge on any atom is -0.455 e. The van der Waals surface area contributed by atoms with Crippen LogP contribution < -0.4 is 0 Å². The van der Waals surface area contributed by atoms with Crippen LogP contribution in [0.15, 0.2) is 144 Å². The minimum absolute atomic E-state index is 0.805. The molecule has 0 amide bonds. The summed E-state index contributed by atoms with van der Waals surface area (Å²) in [5.41, 5.74) is 14.3. The molecule has 0 atom stereocenters. The molecule has 5 aromatic carbocycles. The van der Waals surface area contributed by atoms with Crippen LogP contribution in [-0.2, 0) is 0 Å². The fourth-order valence-electron chi connectivity index (χ4n) is 6.63. The lowest BCUT2D eigenvalue weighted by Gasteiger charge is -2.15. The SMILES string of the molecule is Cc1ccc(-c2cc(-c3ccc(C)cc3)cc(-c3nc4cc(-c5cccnc5)cnc4c4c3ccc3c5ccccc5oc34)c2)cc1. The molecule has 47 heavy (non-hydrogen) atoms. The number of rotatable bonds is 4. The van der Waals surface area contributed by atoms with Gasteiger partial charge in [0.25, 0.3) is 0 Å². The van der Waals surface area contributed by atoms with Gasteiger partial charge < -0.3 is 4.42 Å². The zero-order chi connectivity index (χ0) is 31.5. The predicted molar refractivity (Wildman–Crippen MR) is 193 cm³/mol. The molecule has 0 unspecified atom stereocenters. The number of aromatic nitrogens is 3. The summed E-state index contributed by atoms with van der Waals surface area (Å²) in [5.74, 6) is 0. The first-order valence-corrected chi connectivity index (χ1v) is 15.8. The van der Waals surface area contributed by atoms with E-state index in [4.69, 9.17) is 14.4 Å². The molecule has 0 spiro atoms. The number of hydrogen-bond donors (Lipinski definition) is 0. The zero-order valence-corrected chi connectivity index (χ0v) is 26.0. The second kappa shape index (κ2) is 10.7. The molecule has 0 fully saturated rings. The van der Waals surface area contributed by atoms with E-state index in [9.17, 15) is 0 Å². The normalized spacial score (nSPS) is 11.6. The molecule has 4 heteroatoms. The van der Waals surface area contributed by atoms with Gasteiger partial charge in [-0.25, -0.2) is 4.98 Å². The van der Waals surface area contributed by atoms with Crippen LogP contribution in [0.25, 0.3) is 88.4 Å². The monoisotopic (exact) mass is 603 g/mol. The Bertz CT molecular complexity index is 2560. The van der Waals surface area contributed by atoms with Gasteiger partial charge in [0.1, 0.15) is 16.7 Å². The summed E-state index contributed by atoms with van der Waals surface area (Å²) in [6, 6.07) is 42.9. The van der Waals surface area contributed by atoms with Crippen molar-refractivity contribution >= 4 is 43.7 Å². The second-order valence-corrected chi connectivity index (χ2v) is 12.3. The molecule has 4 nitrogen and oxygen atoms in total. The van der Waals surface area contributed by atoms with Gasteiger partial charge in [0, 0.05) is 51.4 Å². The van der Waals surface area contributed by atoms with Crippen molar-refractivity contribution in [3.05, 3.63) is 151 Å². The van der Waals surface area contributed by atoms with Gasteiger partial charge in [-0.3, -0.25) is 9.97 Å². The number of pyridine rings is 3. The van der Waals surface area contributed by atoms with Crippen LogP contribution in [0.5, 0.6) is 0 Å². The highest BCUT2D eigenvalue weighted by Gasteiger charge is 2.20. The lowest BCUT2D eigenvalue weighted by Crippen LogP contribution is -1.94. The number of furan rings is 1. The summed E-state index contributed by atoms with van der Waals surface area (Å²) in [4.78, 5) is 14.8. The quantitative estimate of drug-likeness (QED) is 0.188. The summed E-state index contributed by atoms with van der Waals surface area (Å²) in [6.07, 6.45) is 5.56. The number of aryl methyl sites for hydroxylation is 2. The molecule has 0 radical (unpaired) electrons. The van der Waals surface area contributed by atoms with E-state index in [1.54, 1.807) is 6.20 Å². The molecule has 0 aliphatic rings. The van der Waals surface area contributed by atoms with Gasteiger partial charge >= 0.3 is 0 Å². The maximum atomic E-state index is 6.61. The highest BCUT2D eigenvalue weighted by atomic mass is 16.3. The first-order chi connectivity index (χ1) is 23.1. The third-order valence-corrected chi connectivity index (χ3v) is 9.11. The van der Waals surface area contributed by atoms with E-state index in [2.05, 4.69) is 116 Å². The molecule has 0 bridgehead atoms. The van der Waals surface area contributed by atoms with Gasteiger partial charge in [-0.15, -0.1) is 0 Å². The number of hydrogen-bond acceptors (Lipinski definition) is 4. The van der Waals surface area contributed by atoms with Crippen molar-refractivity contribution in [1.82, 2.24) is 15.0 Å². The van der Waals surface area contributed by atoms with E-state index >= 15 is 0 Å². The van der Waals surface area contributed by atoms with Crippen LogP contribution in [0.4, 0.5) is 0 Å². The second-order valence-electron chi connectivity index (χ2n) is 12.3. The molecule has 0 aliphatic heterocycles. The van der Waals surface area contributed by atoms with Gasteiger partial charge in [-0.1, -0.05) is 90.0 Å². The highest BCUT2D eigenvalue weighted by Crippen LogP contribution is 2.42. The lowest BCUT2D eigenvalue weighted by molar-refractivity contribution is 0.673. The van der Waals surface area contributed by atoms with Crippen molar-refractivity contribution in [2.45, 2.75) is 13.8 Å². The zero-order valence-electron chi connectivity index (χ0n) is 26.0. The molecule has 4 aromatic heterocycles. The minimum atomic E-state index is 0.805. The highest BCUT2D eigenvalue weighted by molar-refractivity contribution is 6.24. The smallest absolute Gasteiger partial charge is 0.145 e. The number of para-hydroxylation sites is 1. The average Bonchev–Trinajstić information content (AvgIpc) is 3.51. The van der Waals surface area contributed by atoms with Crippen LogP contribution >= 0.6 is 0 Å². The van der Waals surface area contributed by atoms with Gasteiger partial charge in [-0.2, -0.15) is 0 Å². The van der Waals surface area contributed by atoms with Crippen LogP contribution in [0.3, 0.4) is 0 Å². The van der Waals surface area contributed by atoms with Gasteiger partial charge in [0.2, 0.25) is 0 Å². The number of benzene rings is 5. The Labute approximate surface area is 272 Å². The van der Waals surface area contributed by atoms with Crippen LogP contribution in [-0.4, -0.2) is 15.0 Å². The molecule has 0 aliphatic carbocycles. The third-order valence-electron chi connectivity index (χ3n) is 9.11. The summed E-state index contributed by atoms with van der Waals surface area (Å²) in [5, 5.41) is 4.13. The summed E-state index contributed by atoms with van der Waals surface area (Å²) in [6.45, 7) is 4.24. The molecule has 222 valence electrons. The first kappa shape index (κ1) is 27.2. The van der Waals surface area contributed by atoms with Crippen molar-refractivity contribution in [3.8, 4) is 44.6 Å². The van der Waals surface area contributed by atoms with Gasteiger partial charge in [-0.05, 0) is 78.6 Å². The fourth-order valence-corrected chi connectivity index (χ4v) is 6.63. The maximum absolute atomic E-state index is 6.61. The predicted octanol–water partition coefficient (Wildman–Crippen LogP) is 11.4. The summed E-state index contributed by atoms with van der Waals surface area (Å²) in [7, 11) is 0. The van der Waals surface area contributed by atoms with Gasteiger partial charge in [0.15, 0.2) is 0 Å². The van der Waals surface area contributed by atoms with Crippen LogP contribution in [0, 0.1) is 13.8 Å². The number of nitrogens with zero attached hydrogens (tertiary/aromatic N) is 3. The molecule has 0 N–H and O–H groups in total. The van der Waals surface area contributed by atoms with Crippen LogP contribution in [0.1, 0.15) is 11.1 Å². The molecular weight excluding hydrogens is 574 g/mol. The Hall–Kier alpha value is -6.13. The summed E-state index contributed by atoms with van der Waals surface area (Å²) < 4.78 is 6.61.